The van der Waals surface area contributed by atoms with Crippen molar-refractivity contribution >= 4 is 34.0 Å². The first-order valence-corrected chi connectivity index (χ1v) is 8.19. The summed E-state index contributed by atoms with van der Waals surface area (Å²) in [6.45, 7) is 0. The number of para-hydroxylation sites is 2. The number of anilines is 3. The molecule has 2 aromatic carbocycles. The van der Waals surface area contributed by atoms with Gasteiger partial charge in [-0.1, -0.05) is 30.3 Å². The van der Waals surface area contributed by atoms with Crippen LogP contribution < -0.4 is 10.6 Å². The fourth-order valence-electron chi connectivity index (χ4n) is 2.60. The Morgan fingerprint density at radius 3 is 2.48 bits per heavy atom. The molecule has 0 aliphatic carbocycles. The Bertz CT molecular complexity index is 1110. The Labute approximate surface area is 154 Å². The Hall–Kier alpha value is -3.87. The van der Waals surface area contributed by atoms with Crippen molar-refractivity contribution < 1.29 is 9.18 Å². The van der Waals surface area contributed by atoms with E-state index in [0.29, 0.717) is 17.0 Å². The van der Waals surface area contributed by atoms with Gasteiger partial charge in [-0.05, 0) is 24.3 Å². The van der Waals surface area contributed by atoms with Crippen LogP contribution in [-0.4, -0.2) is 20.9 Å². The van der Waals surface area contributed by atoms with E-state index < -0.39 is 11.7 Å². The summed E-state index contributed by atoms with van der Waals surface area (Å²) < 4.78 is 13.7. The zero-order valence-electron chi connectivity index (χ0n) is 14.1. The van der Waals surface area contributed by atoms with Gasteiger partial charge in [-0.2, -0.15) is 0 Å². The molecule has 0 saturated heterocycles. The maximum absolute atomic E-state index is 13.7. The number of aromatic nitrogens is 3. The molecular weight excluding hydrogens is 345 g/mol. The fourth-order valence-corrected chi connectivity index (χ4v) is 2.60. The monoisotopic (exact) mass is 359 g/mol. The Kier molecular flexibility index (Phi) is 4.40. The Balaban J connectivity index is 1.52. The molecule has 132 valence electrons. The number of carbonyl (C=O) groups is 1. The van der Waals surface area contributed by atoms with Crippen LogP contribution in [0.2, 0.25) is 0 Å². The largest absolute Gasteiger partial charge is 0.337 e. The highest BCUT2D eigenvalue weighted by Gasteiger charge is 2.11. The number of benzene rings is 2. The van der Waals surface area contributed by atoms with E-state index >= 15 is 0 Å². The molecule has 27 heavy (non-hydrogen) atoms. The number of halogens is 1. The molecule has 0 atom stereocenters. The van der Waals surface area contributed by atoms with Crippen LogP contribution in [0.5, 0.6) is 0 Å². The first-order chi connectivity index (χ1) is 13.2. The van der Waals surface area contributed by atoms with Gasteiger partial charge in [-0.3, -0.25) is 9.78 Å². The average molecular weight is 359 g/mol. The first-order valence-electron chi connectivity index (χ1n) is 8.19. The molecule has 4 rings (SSSR count). The predicted molar refractivity (Wildman–Crippen MR) is 101 cm³/mol. The van der Waals surface area contributed by atoms with Crippen molar-refractivity contribution in [1.82, 2.24) is 15.0 Å². The maximum atomic E-state index is 13.7. The third-order valence-electron chi connectivity index (χ3n) is 3.90. The summed E-state index contributed by atoms with van der Waals surface area (Å²) in [6, 6.07) is 15.5. The van der Waals surface area contributed by atoms with Crippen molar-refractivity contribution in [2.75, 3.05) is 10.6 Å². The van der Waals surface area contributed by atoms with Crippen LogP contribution in [0.1, 0.15) is 10.5 Å². The molecule has 1 amide bonds. The van der Waals surface area contributed by atoms with Crippen molar-refractivity contribution in [3.8, 4) is 0 Å². The molecule has 2 aromatic heterocycles. The number of pyridine rings is 1. The highest BCUT2D eigenvalue weighted by Crippen LogP contribution is 2.21. The summed E-state index contributed by atoms with van der Waals surface area (Å²) in [7, 11) is 0. The second-order valence-electron chi connectivity index (χ2n) is 5.73. The van der Waals surface area contributed by atoms with E-state index in [1.165, 1.54) is 18.5 Å². The molecule has 0 radical (unpaired) electrons. The summed E-state index contributed by atoms with van der Waals surface area (Å²) in [6.07, 6.45) is 4.38. The first kappa shape index (κ1) is 16.6. The van der Waals surface area contributed by atoms with Gasteiger partial charge >= 0.3 is 0 Å². The minimum absolute atomic E-state index is 0.141. The van der Waals surface area contributed by atoms with Gasteiger partial charge in [-0.25, -0.2) is 14.4 Å². The van der Waals surface area contributed by atoms with Crippen LogP contribution in [0.3, 0.4) is 0 Å². The zero-order chi connectivity index (χ0) is 18.6. The van der Waals surface area contributed by atoms with Crippen LogP contribution in [0.25, 0.3) is 10.9 Å². The van der Waals surface area contributed by atoms with Gasteiger partial charge in [0.05, 0.1) is 29.3 Å². The third kappa shape index (κ3) is 3.57. The molecule has 4 aromatic rings. The van der Waals surface area contributed by atoms with Gasteiger partial charge in [0.2, 0.25) is 0 Å². The number of amides is 1. The smallest absolute Gasteiger partial charge is 0.275 e. The van der Waals surface area contributed by atoms with E-state index in [9.17, 15) is 9.18 Å². The number of fused-ring (bicyclic) bond motifs is 1. The van der Waals surface area contributed by atoms with Crippen molar-refractivity contribution in [3.63, 3.8) is 0 Å². The Morgan fingerprint density at radius 2 is 1.67 bits per heavy atom. The molecule has 6 nitrogen and oxygen atoms in total. The zero-order valence-corrected chi connectivity index (χ0v) is 14.1. The quantitative estimate of drug-likeness (QED) is 0.572. The molecule has 0 spiro atoms. The van der Waals surface area contributed by atoms with Gasteiger partial charge in [0.25, 0.3) is 5.91 Å². The van der Waals surface area contributed by atoms with Crippen molar-refractivity contribution in [2.24, 2.45) is 0 Å². The average Bonchev–Trinajstić information content (AvgIpc) is 2.70. The summed E-state index contributed by atoms with van der Waals surface area (Å²) in [5.41, 5.74) is 1.71. The minimum Gasteiger partial charge on any atom is -0.337 e. The molecule has 0 aliphatic rings. The summed E-state index contributed by atoms with van der Waals surface area (Å²) in [5, 5.41) is 6.54. The molecule has 2 N–H and O–H groups in total. The lowest BCUT2D eigenvalue weighted by Gasteiger charge is -2.09. The lowest BCUT2D eigenvalue weighted by atomic mass is 10.2. The standard InChI is InChI=1S/C20H14FN5O/c21-14-7-1-2-8-15(14)25-18-12-23-17(11-24-18)20(27)26-16-9-3-5-13-6-4-10-22-19(13)16/h1-12H,(H,24,25)(H,26,27). The van der Waals surface area contributed by atoms with E-state index in [4.69, 9.17) is 0 Å². The summed E-state index contributed by atoms with van der Waals surface area (Å²) >= 11 is 0. The third-order valence-corrected chi connectivity index (χ3v) is 3.90. The SMILES string of the molecule is O=C(Nc1cccc2cccnc12)c1cnc(Nc2ccccc2F)cn1. The number of rotatable bonds is 4. The van der Waals surface area contributed by atoms with Crippen LogP contribution in [0, 0.1) is 5.82 Å². The molecule has 0 saturated carbocycles. The normalized spacial score (nSPS) is 10.6. The van der Waals surface area contributed by atoms with Gasteiger partial charge in [0, 0.05) is 11.6 Å². The highest BCUT2D eigenvalue weighted by atomic mass is 19.1. The number of nitrogens with one attached hydrogen (secondary N) is 2. The number of hydrogen-bond acceptors (Lipinski definition) is 5. The van der Waals surface area contributed by atoms with E-state index in [1.807, 2.05) is 24.3 Å². The molecule has 0 aliphatic heterocycles. The lowest BCUT2D eigenvalue weighted by Crippen LogP contribution is -2.14. The second kappa shape index (κ2) is 7.17. The Morgan fingerprint density at radius 1 is 0.852 bits per heavy atom. The molecule has 0 fully saturated rings. The van der Waals surface area contributed by atoms with Gasteiger partial charge in [0.15, 0.2) is 0 Å². The maximum Gasteiger partial charge on any atom is 0.275 e. The van der Waals surface area contributed by atoms with Gasteiger partial charge < -0.3 is 10.6 Å². The molecule has 7 heteroatoms. The molecule has 0 unspecified atom stereocenters. The lowest BCUT2D eigenvalue weighted by molar-refractivity contribution is 0.102. The van der Waals surface area contributed by atoms with Crippen LogP contribution in [-0.2, 0) is 0 Å². The van der Waals surface area contributed by atoms with E-state index in [2.05, 4.69) is 25.6 Å². The topological polar surface area (TPSA) is 79.8 Å². The molecular formula is C20H14FN5O. The van der Waals surface area contributed by atoms with Crippen molar-refractivity contribution in [1.29, 1.82) is 0 Å². The molecule has 2 heterocycles. The van der Waals surface area contributed by atoms with E-state index in [0.717, 1.165) is 5.39 Å². The number of hydrogen-bond donors (Lipinski definition) is 2. The fraction of sp³-hybridized carbons (Fsp3) is 0. The molecule has 0 bridgehead atoms. The summed E-state index contributed by atoms with van der Waals surface area (Å²) in [4.78, 5) is 25.0. The van der Waals surface area contributed by atoms with Gasteiger partial charge in [0.1, 0.15) is 17.3 Å². The number of carbonyl (C=O) groups excluding carboxylic acids is 1. The van der Waals surface area contributed by atoms with E-state index in [1.54, 1.807) is 30.5 Å². The number of nitrogens with zero attached hydrogens (tertiary/aromatic N) is 3. The van der Waals surface area contributed by atoms with E-state index in [-0.39, 0.29) is 11.4 Å². The van der Waals surface area contributed by atoms with Crippen molar-refractivity contribution in [2.45, 2.75) is 0 Å². The van der Waals surface area contributed by atoms with Crippen LogP contribution in [0.15, 0.2) is 73.2 Å². The van der Waals surface area contributed by atoms with Crippen LogP contribution in [0.4, 0.5) is 21.6 Å². The van der Waals surface area contributed by atoms with Gasteiger partial charge in [-0.15, -0.1) is 0 Å². The van der Waals surface area contributed by atoms with Crippen LogP contribution >= 0.6 is 0 Å². The highest BCUT2D eigenvalue weighted by molar-refractivity contribution is 6.07. The predicted octanol–water partition coefficient (Wildman–Crippen LogP) is 4.16. The second-order valence-corrected chi connectivity index (χ2v) is 5.73. The summed E-state index contributed by atoms with van der Waals surface area (Å²) in [5.74, 6) is -0.467. The van der Waals surface area contributed by atoms with Crippen molar-refractivity contribution in [3.05, 3.63) is 84.7 Å². The minimum atomic E-state index is -0.405.